The first-order chi connectivity index (χ1) is 12.8. The fraction of sp³-hybridized carbons (Fsp3) is 0.235. The van der Waals surface area contributed by atoms with Crippen LogP contribution in [0.4, 0.5) is 5.69 Å². The number of nitrogens with zero attached hydrogens (tertiary/aromatic N) is 3. The van der Waals surface area contributed by atoms with Gasteiger partial charge in [0.25, 0.3) is 11.6 Å². The number of benzene rings is 2. The van der Waals surface area contributed by atoms with E-state index in [4.69, 9.17) is 4.74 Å². The Morgan fingerprint density at radius 3 is 2.44 bits per heavy atom. The predicted octanol–water partition coefficient (Wildman–Crippen LogP) is 1.69. The molecule has 0 aliphatic carbocycles. The third kappa shape index (κ3) is 3.91. The number of ether oxygens (including phenoxy) is 1. The number of carbonyl (C=O) groups excluding carboxylic acids is 1. The highest BCUT2D eigenvalue weighted by Crippen LogP contribution is 2.25. The third-order valence-corrected chi connectivity index (χ3v) is 5.96. The number of hydrogen-bond donors (Lipinski definition) is 0. The summed E-state index contributed by atoms with van der Waals surface area (Å²) in [7, 11) is -2.48. The standard InChI is InChI=1S/C17H17N3O6S/c1-26-16-7-5-13(6-8-16)11-19-17(21)12-18(27(19,24)25)10-14-3-2-4-15(9-14)20(22)23/h2-9H,10-12H2,1H3. The van der Waals surface area contributed by atoms with Crippen LogP contribution in [0.5, 0.6) is 5.75 Å². The Kier molecular flexibility index (Phi) is 5.10. The number of non-ortho nitro benzene ring substituents is 1. The van der Waals surface area contributed by atoms with Gasteiger partial charge in [-0.1, -0.05) is 24.3 Å². The Morgan fingerprint density at radius 1 is 1.11 bits per heavy atom. The average molecular weight is 391 g/mol. The fourth-order valence-corrected chi connectivity index (χ4v) is 4.25. The van der Waals surface area contributed by atoms with Crippen molar-refractivity contribution in [3.8, 4) is 5.75 Å². The number of hydrogen-bond acceptors (Lipinski definition) is 6. The van der Waals surface area contributed by atoms with Crippen molar-refractivity contribution >= 4 is 21.8 Å². The second-order valence-corrected chi connectivity index (χ2v) is 7.80. The summed E-state index contributed by atoms with van der Waals surface area (Å²) in [6, 6.07) is 12.4. The lowest BCUT2D eigenvalue weighted by molar-refractivity contribution is -0.384. The zero-order valence-corrected chi connectivity index (χ0v) is 15.3. The number of rotatable bonds is 6. The fourth-order valence-electron chi connectivity index (χ4n) is 2.76. The van der Waals surface area contributed by atoms with E-state index in [1.54, 1.807) is 30.3 Å². The van der Waals surface area contributed by atoms with Crippen LogP contribution in [0.3, 0.4) is 0 Å². The van der Waals surface area contributed by atoms with Gasteiger partial charge in [-0.3, -0.25) is 14.9 Å². The molecule has 1 aliphatic heterocycles. The van der Waals surface area contributed by atoms with Gasteiger partial charge in [-0.2, -0.15) is 12.7 Å². The van der Waals surface area contributed by atoms with Crippen molar-refractivity contribution < 1.29 is 22.9 Å². The SMILES string of the molecule is COc1ccc(CN2C(=O)CN(Cc3cccc([N+](=O)[O-])c3)S2(=O)=O)cc1. The van der Waals surface area contributed by atoms with Crippen LogP contribution in [0.1, 0.15) is 11.1 Å². The van der Waals surface area contributed by atoms with Crippen molar-refractivity contribution in [2.24, 2.45) is 0 Å². The average Bonchev–Trinajstić information content (AvgIpc) is 2.85. The van der Waals surface area contributed by atoms with E-state index in [0.717, 1.165) is 8.61 Å². The number of nitro groups is 1. The topological polar surface area (TPSA) is 110 Å². The van der Waals surface area contributed by atoms with Crippen LogP contribution in [0.25, 0.3) is 0 Å². The van der Waals surface area contributed by atoms with E-state index in [1.807, 2.05) is 0 Å². The van der Waals surface area contributed by atoms with Gasteiger partial charge < -0.3 is 4.74 Å². The van der Waals surface area contributed by atoms with Gasteiger partial charge in [-0.25, -0.2) is 4.31 Å². The van der Waals surface area contributed by atoms with Crippen LogP contribution in [-0.4, -0.2) is 41.5 Å². The lowest BCUT2D eigenvalue weighted by atomic mass is 10.2. The Balaban J connectivity index is 1.78. The molecule has 0 radical (unpaired) electrons. The molecule has 0 N–H and O–H groups in total. The molecular formula is C17H17N3O6S. The number of nitro benzene ring substituents is 1. The van der Waals surface area contributed by atoms with Crippen LogP contribution >= 0.6 is 0 Å². The predicted molar refractivity (Wildman–Crippen MR) is 96.0 cm³/mol. The van der Waals surface area contributed by atoms with Crippen LogP contribution in [-0.2, 0) is 28.1 Å². The van der Waals surface area contributed by atoms with Crippen molar-refractivity contribution in [3.63, 3.8) is 0 Å². The first kappa shape index (κ1) is 18.8. The van der Waals surface area contributed by atoms with Gasteiger partial charge in [0.1, 0.15) is 5.75 Å². The van der Waals surface area contributed by atoms with Crippen LogP contribution in [0, 0.1) is 10.1 Å². The maximum absolute atomic E-state index is 12.7. The molecule has 1 amide bonds. The summed E-state index contributed by atoms with van der Waals surface area (Å²) in [6.07, 6.45) is 0. The molecule has 0 spiro atoms. The molecule has 0 unspecified atom stereocenters. The molecule has 2 aromatic rings. The molecule has 3 rings (SSSR count). The first-order valence-electron chi connectivity index (χ1n) is 7.98. The quantitative estimate of drug-likeness (QED) is 0.547. The Morgan fingerprint density at radius 2 is 1.81 bits per heavy atom. The maximum atomic E-state index is 12.7. The van der Waals surface area contributed by atoms with Crippen LogP contribution < -0.4 is 4.74 Å². The number of carbonyl (C=O) groups is 1. The lowest BCUT2D eigenvalue weighted by Crippen LogP contribution is -2.33. The van der Waals surface area contributed by atoms with Gasteiger partial charge in [-0.15, -0.1) is 0 Å². The zero-order valence-electron chi connectivity index (χ0n) is 14.4. The summed E-state index contributed by atoms with van der Waals surface area (Å²) in [6.45, 7) is -0.507. The summed E-state index contributed by atoms with van der Waals surface area (Å²) < 4.78 is 32.3. The van der Waals surface area contributed by atoms with E-state index >= 15 is 0 Å². The minimum atomic E-state index is -4.01. The molecule has 1 heterocycles. The smallest absolute Gasteiger partial charge is 0.307 e. The molecule has 1 aliphatic rings. The summed E-state index contributed by atoms with van der Waals surface area (Å²) >= 11 is 0. The van der Waals surface area contributed by atoms with Crippen molar-refractivity contribution in [1.82, 2.24) is 8.61 Å². The Hall–Kier alpha value is -2.98. The Labute approximate surface area is 156 Å². The van der Waals surface area contributed by atoms with E-state index in [-0.39, 0.29) is 25.3 Å². The van der Waals surface area contributed by atoms with Crippen molar-refractivity contribution in [2.75, 3.05) is 13.7 Å². The molecule has 0 bridgehead atoms. The van der Waals surface area contributed by atoms with Gasteiger partial charge in [0.05, 0.1) is 25.1 Å². The van der Waals surface area contributed by atoms with Crippen molar-refractivity contribution in [1.29, 1.82) is 0 Å². The highest BCUT2D eigenvalue weighted by Gasteiger charge is 2.42. The van der Waals surface area contributed by atoms with E-state index in [1.165, 1.54) is 25.3 Å². The van der Waals surface area contributed by atoms with Gasteiger partial charge in [0, 0.05) is 18.7 Å². The normalized spacial score (nSPS) is 16.5. The number of methoxy groups -OCH3 is 1. The molecule has 0 saturated carbocycles. The van der Waals surface area contributed by atoms with Gasteiger partial charge in [0.2, 0.25) is 0 Å². The molecule has 1 fully saturated rings. The molecule has 0 atom stereocenters. The largest absolute Gasteiger partial charge is 0.497 e. The molecule has 2 aromatic carbocycles. The molecule has 27 heavy (non-hydrogen) atoms. The molecule has 0 aromatic heterocycles. The maximum Gasteiger partial charge on any atom is 0.307 e. The second-order valence-electron chi connectivity index (χ2n) is 5.95. The summed E-state index contributed by atoms with van der Waals surface area (Å²) in [4.78, 5) is 22.6. The van der Waals surface area contributed by atoms with E-state index in [0.29, 0.717) is 16.9 Å². The van der Waals surface area contributed by atoms with Crippen LogP contribution in [0.2, 0.25) is 0 Å². The molecule has 9 nitrogen and oxygen atoms in total. The summed E-state index contributed by atoms with van der Waals surface area (Å²) in [5, 5.41) is 10.9. The zero-order chi connectivity index (χ0) is 19.6. The van der Waals surface area contributed by atoms with E-state index in [2.05, 4.69) is 0 Å². The molecule has 10 heteroatoms. The van der Waals surface area contributed by atoms with Crippen molar-refractivity contribution in [2.45, 2.75) is 13.1 Å². The van der Waals surface area contributed by atoms with Crippen LogP contribution in [0.15, 0.2) is 48.5 Å². The molecule has 1 saturated heterocycles. The second kappa shape index (κ2) is 7.33. The first-order valence-corrected chi connectivity index (χ1v) is 9.38. The van der Waals surface area contributed by atoms with E-state index < -0.39 is 21.0 Å². The van der Waals surface area contributed by atoms with Crippen molar-refractivity contribution in [3.05, 3.63) is 69.8 Å². The van der Waals surface area contributed by atoms with Gasteiger partial charge >= 0.3 is 10.2 Å². The summed E-state index contributed by atoms with van der Waals surface area (Å²) in [5.41, 5.74) is 0.947. The minimum Gasteiger partial charge on any atom is -0.497 e. The Bertz CT molecular complexity index is 974. The lowest BCUT2D eigenvalue weighted by Gasteiger charge is -2.18. The van der Waals surface area contributed by atoms with Gasteiger partial charge in [0.15, 0.2) is 0 Å². The third-order valence-electron chi connectivity index (χ3n) is 4.16. The molecule has 142 valence electrons. The molecular weight excluding hydrogens is 374 g/mol. The highest BCUT2D eigenvalue weighted by atomic mass is 32.2. The summed E-state index contributed by atoms with van der Waals surface area (Å²) in [5.74, 6) is 0.0814. The van der Waals surface area contributed by atoms with E-state index in [9.17, 15) is 23.3 Å². The van der Waals surface area contributed by atoms with Gasteiger partial charge in [-0.05, 0) is 23.3 Å². The highest BCUT2D eigenvalue weighted by molar-refractivity contribution is 7.87. The minimum absolute atomic E-state index is 0.0867. The monoisotopic (exact) mass is 391 g/mol. The number of amides is 1.